The van der Waals surface area contributed by atoms with Crippen molar-refractivity contribution in [1.29, 1.82) is 0 Å². The standard InChI is InChI=1S/C17H18BrNO2/c1-12(7-8-13-5-3-2-4-6-13)19-16-10-9-14(18)11-15(16)17(20)21/h2-6,9-12,19H,7-8H2,1H3,(H,20,21). The van der Waals surface area contributed by atoms with Crippen molar-refractivity contribution < 1.29 is 9.90 Å². The van der Waals surface area contributed by atoms with Gasteiger partial charge in [0.15, 0.2) is 0 Å². The Kier molecular flexibility index (Phi) is 5.39. The van der Waals surface area contributed by atoms with Crippen LogP contribution in [0.1, 0.15) is 29.3 Å². The van der Waals surface area contributed by atoms with E-state index in [1.807, 2.05) is 24.3 Å². The van der Waals surface area contributed by atoms with Gasteiger partial charge in [0, 0.05) is 16.2 Å². The van der Waals surface area contributed by atoms with Crippen LogP contribution in [-0.2, 0) is 6.42 Å². The molecule has 0 heterocycles. The second-order valence-corrected chi connectivity index (χ2v) is 5.98. The van der Waals surface area contributed by atoms with Crippen LogP contribution < -0.4 is 5.32 Å². The van der Waals surface area contributed by atoms with Crippen LogP contribution >= 0.6 is 15.9 Å². The fourth-order valence-corrected chi connectivity index (χ4v) is 2.55. The molecule has 0 aliphatic heterocycles. The molecule has 2 N–H and O–H groups in total. The molecule has 110 valence electrons. The molecule has 0 fully saturated rings. The van der Waals surface area contributed by atoms with Crippen LogP contribution in [0.2, 0.25) is 0 Å². The molecule has 0 aliphatic rings. The summed E-state index contributed by atoms with van der Waals surface area (Å²) in [6.45, 7) is 2.07. The minimum Gasteiger partial charge on any atom is -0.478 e. The molecule has 4 heteroatoms. The molecule has 0 amide bonds. The van der Waals surface area contributed by atoms with Crippen LogP contribution in [0.15, 0.2) is 53.0 Å². The highest BCUT2D eigenvalue weighted by Crippen LogP contribution is 2.22. The largest absolute Gasteiger partial charge is 0.478 e. The van der Waals surface area contributed by atoms with Crippen molar-refractivity contribution >= 4 is 27.6 Å². The van der Waals surface area contributed by atoms with E-state index in [-0.39, 0.29) is 11.6 Å². The number of hydrogen-bond donors (Lipinski definition) is 2. The molecule has 2 aromatic carbocycles. The molecule has 0 saturated carbocycles. The highest BCUT2D eigenvalue weighted by atomic mass is 79.9. The first-order valence-electron chi connectivity index (χ1n) is 6.89. The predicted molar refractivity (Wildman–Crippen MR) is 88.9 cm³/mol. The van der Waals surface area contributed by atoms with Gasteiger partial charge in [0.1, 0.15) is 0 Å². The lowest BCUT2D eigenvalue weighted by atomic mass is 10.1. The van der Waals surface area contributed by atoms with Crippen molar-refractivity contribution in [2.75, 3.05) is 5.32 Å². The van der Waals surface area contributed by atoms with E-state index in [4.69, 9.17) is 0 Å². The number of nitrogens with one attached hydrogen (secondary N) is 1. The van der Waals surface area contributed by atoms with E-state index in [9.17, 15) is 9.90 Å². The quantitative estimate of drug-likeness (QED) is 0.803. The number of carbonyl (C=O) groups is 1. The van der Waals surface area contributed by atoms with Gasteiger partial charge in [-0.3, -0.25) is 0 Å². The Hall–Kier alpha value is -1.81. The second-order valence-electron chi connectivity index (χ2n) is 5.06. The average Bonchev–Trinajstić information content (AvgIpc) is 2.48. The van der Waals surface area contributed by atoms with Gasteiger partial charge >= 0.3 is 5.97 Å². The molecule has 0 saturated heterocycles. The van der Waals surface area contributed by atoms with Crippen molar-refractivity contribution in [3.63, 3.8) is 0 Å². The number of aromatic carboxylic acids is 1. The number of halogens is 1. The number of carboxylic acids is 1. The Morgan fingerprint density at radius 2 is 1.95 bits per heavy atom. The molecule has 0 spiro atoms. The number of benzene rings is 2. The Morgan fingerprint density at radius 1 is 1.24 bits per heavy atom. The minimum atomic E-state index is -0.922. The van der Waals surface area contributed by atoms with E-state index < -0.39 is 5.97 Å². The number of aryl methyl sites for hydroxylation is 1. The number of anilines is 1. The van der Waals surface area contributed by atoms with Crippen molar-refractivity contribution in [2.45, 2.75) is 25.8 Å². The van der Waals surface area contributed by atoms with E-state index in [2.05, 4.69) is 40.3 Å². The molecule has 3 nitrogen and oxygen atoms in total. The molecule has 0 radical (unpaired) electrons. The Balaban J connectivity index is 1.99. The monoisotopic (exact) mass is 347 g/mol. The van der Waals surface area contributed by atoms with Crippen molar-refractivity contribution in [3.05, 3.63) is 64.1 Å². The summed E-state index contributed by atoms with van der Waals surface area (Å²) >= 11 is 3.30. The highest BCUT2D eigenvalue weighted by Gasteiger charge is 2.12. The van der Waals surface area contributed by atoms with Crippen LogP contribution in [0.3, 0.4) is 0 Å². The van der Waals surface area contributed by atoms with E-state index in [0.717, 1.165) is 17.3 Å². The zero-order chi connectivity index (χ0) is 15.2. The fraction of sp³-hybridized carbons (Fsp3) is 0.235. The SMILES string of the molecule is CC(CCc1ccccc1)Nc1ccc(Br)cc1C(=O)O. The average molecular weight is 348 g/mol. The van der Waals surface area contributed by atoms with Crippen molar-refractivity contribution in [2.24, 2.45) is 0 Å². The van der Waals surface area contributed by atoms with Crippen LogP contribution in [-0.4, -0.2) is 17.1 Å². The molecule has 1 atom stereocenters. The lowest BCUT2D eigenvalue weighted by Crippen LogP contribution is -2.18. The number of carboxylic acid groups (broad SMARTS) is 1. The first kappa shape index (κ1) is 15.6. The highest BCUT2D eigenvalue weighted by molar-refractivity contribution is 9.10. The summed E-state index contributed by atoms with van der Waals surface area (Å²) in [4.78, 5) is 11.3. The van der Waals surface area contributed by atoms with Gasteiger partial charge in [-0.2, -0.15) is 0 Å². The van der Waals surface area contributed by atoms with Gasteiger partial charge in [0.2, 0.25) is 0 Å². The van der Waals surface area contributed by atoms with E-state index in [1.54, 1.807) is 12.1 Å². The molecule has 0 bridgehead atoms. The van der Waals surface area contributed by atoms with Gasteiger partial charge in [-0.1, -0.05) is 46.3 Å². The maximum atomic E-state index is 11.3. The molecular weight excluding hydrogens is 330 g/mol. The Bertz CT molecular complexity index is 613. The molecule has 0 aliphatic carbocycles. The van der Waals surface area contributed by atoms with Gasteiger partial charge in [-0.05, 0) is 43.5 Å². The zero-order valence-corrected chi connectivity index (χ0v) is 13.4. The number of rotatable bonds is 6. The third-order valence-electron chi connectivity index (χ3n) is 3.32. The summed E-state index contributed by atoms with van der Waals surface area (Å²) in [5.74, 6) is -0.922. The Morgan fingerprint density at radius 3 is 2.62 bits per heavy atom. The Labute approximate surface area is 133 Å². The van der Waals surface area contributed by atoms with Gasteiger partial charge in [0.25, 0.3) is 0 Å². The minimum absolute atomic E-state index is 0.199. The fourth-order valence-electron chi connectivity index (χ4n) is 2.18. The van der Waals surface area contributed by atoms with Gasteiger partial charge in [0.05, 0.1) is 5.56 Å². The summed E-state index contributed by atoms with van der Waals surface area (Å²) in [6.07, 6.45) is 1.91. The molecule has 2 aromatic rings. The first-order valence-corrected chi connectivity index (χ1v) is 7.69. The topological polar surface area (TPSA) is 49.3 Å². The maximum absolute atomic E-state index is 11.3. The third kappa shape index (κ3) is 4.60. The van der Waals surface area contributed by atoms with Gasteiger partial charge < -0.3 is 10.4 Å². The van der Waals surface area contributed by atoms with E-state index >= 15 is 0 Å². The second kappa shape index (κ2) is 7.27. The summed E-state index contributed by atoms with van der Waals surface area (Å²) in [6, 6.07) is 15.7. The molecule has 0 aromatic heterocycles. The summed E-state index contributed by atoms with van der Waals surface area (Å²) < 4.78 is 0.766. The van der Waals surface area contributed by atoms with E-state index in [1.165, 1.54) is 5.56 Å². The molecule has 1 unspecified atom stereocenters. The maximum Gasteiger partial charge on any atom is 0.337 e. The van der Waals surface area contributed by atoms with Gasteiger partial charge in [-0.25, -0.2) is 4.79 Å². The summed E-state index contributed by atoms with van der Waals surface area (Å²) in [7, 11) is 0. The lowest BCUT2D eigenvalue weighted by Gasteiger charge is -2.17. The van der Waals surface area contributed by atoms with Gasteiger partial charge in [-0.15, -0.1) is 0 Å². The van der Waals surface area contributed by atoms with Crippen molar-refractivity contribution in [1.82, 2.24) is 0 Å². The smallest absolute Gasteiger partial charge is 0.337 e. The van der Waals surface area contributed by atoms with Crippen molar-refractivity contribution in [3.8, 4) is 0 Å². The molecule has 2 rings (SSSR count). The van der Waals surface area contributed by atoms with Crippen LogP contribution in [0.4, 0.5) is 5.69 Å². The lowest BCUT2D eigenvalue weighted by molar-refractivity contribution is 0.0698. The zero-order valence-electron chi connectivity index (χ0n) is 11.8. The predicted octanol–water partition coefficient (Wildman–Crippen LogP) is 4.58. The molecular formula is C17H18BrNO2. The molecule has 21 heavy (non-hydrogen) atoms. The normalized spacial score (nSPS) is 11.9. The van der Waals surface area contributed by atoms with Crippen LogP contribution in [0, 0.1) is 0 Å². The summed E-state index contributed by atoms with van der Waals surface area (Å²) in [5, 5.41) is 12.5. The van der Waals surface area contributed by atoms with Crippen LogP contribution in [0.5, 0.6) is 0 Å². The first-order chi connectivity index (χ1) is 10.1. The third-order valence-corrected chi connectivity index (χ3v) is 3.82. The van der Waals surface area contributed by atoms with E-state index in [0.29, 0.717) is 5.69 Å². The summed E-state index contributed by atoms with van der Waals surface area (Å²) in [5.41, 5.74) is 2.24. The number of hydrogen-bond acceptors (Lipinski definition) is 2. The van der Waals surface area contributed by atoms with Crippen LogP contribution in [0.25, 0.3) is 0 Å².